The Hall–Kier alpha value is -0.730. The Bertz CT molecular complexity index is 224. The topological polar surface area (TPSA) is 125 Å². The molecule has 0 spiro atoms. The molecule has 0 aromatic heterocycles. The van der Waals surface area contributed by atoms with E-state index < -0.39 is 36.6 Å². The first kappa shape index (κ1) is 11.3. The molecule has 0 bridgehead atoms. The molecule has 7 heteroatoms. The number of hydrogen-bond acceptors (Lipinski definition) is 6. The zero-order valence-corrected chi connectivity index (χ0v) is 7.20. The lowest BCUT2D eigenvalue weighted by atomic mass is 9.96. The van der Waals surface area contributed by atoms with E-state index in [1.165, 1.54) is 0 Å². The van der Waals surface area contributed by atoms with Crippen molar-refractivity contribution in [2.24, 2.45) is 5.73 Å². The van der Waals surface area contributed by atoms with Crippen molar-refractivity contribution in [2.75, 3.05) is 0 Å². The van der Waals surface area contributed by atoms with E-state index in [0.717, 1.165) is 0 Å². The Balaban J connectivity index is 2.75. The third kappa shape index (κ3) is 1.86. The average Bonchev–Trinajstić information content (AvgIpc) is 2.19. The molecule has 1 aliphatic heterocycles. The number of amides is 1. The maximum atomic E-state index is 11.0. The highest BCUT2D eigenvalue weighted by molar-refractivity contribution is 5.81. The zero-order chi connectivity index (χ0) is 10.9. The molecule has 5 atom stereocenters. The first-order valence-electron chi connectivity index (χ1n) is 3.94. The smallest absolute Gasteiger partial charge is 0.252 e. The highest BCUT2D eigenvalue weighted by Crippen LogP contribution is 2.18. The number of nitrogens with one attached hydrogen (secondary N) is 1. The Morgan fingerprint density at radius 1 is 1.36 bits per heavy atom. The fourth-order valence-corrected chi connectivity index (χ4v) is 1.20. The molecular weight excluding hydrogens is 192 g/mol. The lowest BCUT2D eigenvalue weighted by Gasteiger charge is -2.37. The van der Waals surface area contributed by atoms with Crippen LogP contribution in [0.3, 0.4) is 0 Å². The van der Waals surface area contributed by atoms with E-state index in [0.29, 0.717) is 0 Å². The number of ether oxygens (including phenoxy) is 1. The highest BCUT2D eigenvalue weighted by Gasteiger charge is 2.44. The van der Waals surface area contributed by atoms with E-state index >= 15 is 0 Å². The maximum Gasteiger partial charge on any atom is 0.252 e. The first-order valence-corrected chi connectivity index (χ1v) is 3.94. The van der Waals surface area contributed by atoms with Crippen molar-refractivity contribution in [3.05, 3.63) is 7.05 Å². The van der Waals surface area contributed by atoms with Crippen molar-refractivity contribution in [3.63, 3.8) is 0 Å². The first-order chi connectivity index (χ1) is 6.49. The van der Waals surface area contributed by atoms with Crippen LogP contribution in [-0.4, -0.2) is 51.9 Å². The number of hydrogen-bond donors (Lipinski definition) is 5. The van der Waals surface area contributed by atoms with Gasteiger partial charge in [-0.2, -0.15) is 0 Å². The predicted octanol–water partition coefficient (Wildman–Crippen LogP) is -3.46. The van der Waals surface area contributed by atoms with E-state index in [1.54, 1.807) is 5.32 Å². The Morgan fingerprint density at radius 3 is 2.43 bits per heavy atom. The molecule has 0 aromatic carbocycles. The largest absolute Gasteiger partial charge is 0.388 e. The third-order valence-electron chi connectivity index (χ3n) is 2.08. The normalized spacial score (nSPS) is 43.4. The van der Waals surface area contributed by atoms with Gasteiger partial charge in [0.2, 0.25) is 0 Å². The van der Waals surface area contributed by atoms with Crippen LogP contribution in [0.25, 0.3) is 0 Å². The molecule has 6 N–H and O–H groups in total. The van der Waals surface area contributed by atoms with Gasteiger partial charge in [0.25, 0.3) is 5.91 Å². The fraction of sp³-hybridized carbons (Fsp3) is 0.714. The molecule has 0 saturated carbocycles. The molecule has 1 fully saturated rings. The molecular formula is C7H12N2O5. The second-order valence-corrected chi connectivity index (χ2v) is 3.01. The van der Waals surface area contributed by atoms with Gasteiger partial charge in [0.1, 0.15) is 12.2 Å². The van der Waals surface area contributed by atoms with Crippen LogP contribution in [-0.2, 0) is 9.53 Å². The van der Waals surface area contributed by atoms with Crippen molar-refractivity contribution in [3.8, 4) is 0 Å². The number of carbonyl (C=O) groups is 1. The summed E-state index contributed by atoms with van der Waals surface area (Å²) in [5.74, 6) is -0.820. The molecule has 14 heavy (non-hydrogen) atoms. The Labute approximate surface area is 80.5 Å². The van der Waals surface area contributed by atoms with Gasteiger partial charge in [-0.15, -0.1) is 0 Å². The van der Waals surface area contributed by atoms with Crippen LogP contribution < -0.4 is 11.1 Å². The molecule has 1 aliphatic rings. The van der Waals surface area contributed by atoms with Crippen molar-refractivity contribution < 1.29 is 24.9 Å². The van der Waals surface area contributed by atoms with Gasteiger partial charge in [0.15, 0.2) is 12.4 Å². The summed E-state index contributed by atoms with van der Waals surface area (Å²) in [7, 11) is 4.82. The zero-order valence-electron chi connectivity index (χ0n) is 7.20. The number of aliphatic hydroxyl groups is 3. The molecule has 3 unspecified atom stereocenters. The second-order valence-electron chi connectivity index (χ2n) is 3.01. The van der Waals surface area contributed by atoms with E-state index in [-0.39, 0.29) is 0 Å². The molecule has 7 nitrogen and oxygen atoms in total. The molecule has 1 saturated heterocycles. The number of rotatable bonds is 1. The van der Waals surface area contributed by atoms with Crippen LogP contribution in [0.5, 0.6) is 0 Å². The quantitative estimate of drug-likeness (QED) is 0.283. The summed E-state index contributed by atoms with van der Waals surface area (Å²) in [4.78, 5) is 11.0. The Morgan fingerprint density at radius 2 is 1.93 bits per heavy atom. The highest BCUT2D eigenvalue weighted by atomic mass is 16.6. The Kier molecular flexibility index (Phi) is 3.40. The SMILES string of the molecule is [CH]NC(=O)C1OC(O)[C@H](O)C(N)[C@H]1O. The van der Waals surface area contributed by atoms with Gasteiger partial charge >= 0.3 is 0 Å². The molecule has 0 aliphatic carbocycles. The minimum atomic E-state index is -1.62. The summed E-state index contributed by atoms with van der Waals surface area (Å²) in [5.41, 5.74) is 5.33. The summed E-state index contributed by atoms with van der Waals surface area (Å²) >= 11 is 0. The molecule has 1 amide bonds. The van der Waals surface area contributed by atoms with Crippen LogP contribution in [0.15, 0.2) is 0 Å². The summed E-state index contributed by atoms with van der Waals surface area (Å²) < 4.78 is 4.62. The van der Waals surface area contributed by atoms with Gasteiger partial charge in [0, 0.05) is 0 Å². The van der Waals surface area contributed by atoms with Gasteiger partial charge in [0.05, 0.1) is 13.1 Å². The van der Waals surface area contributed by atoms with Gasteiger partial charge in [-0.05, 0) is 0 Å². The van der Waals surface area contributed by atoms with Crippen LogP contribution in [0, 0.1) is 7.05 Å². The van der Waals surface area contributed by atoms with E-state index in [4.69, 9.17) is 23.0 Å². The summed E-state index contributed by atoms with van der Waals surface area (Å²) in [5, 5.41) is 29.4. The minimum absolute atomic E-state index is 0.820. The molecule has 1 rings (SSSR count). The van der Waals surface area contributed by atoms with Crippen molar-refractivity contribution in [1.29, 1.82) is 0 Å². The molecule has 2 radical (unpaired) electrons. The number of carbonyl (C=O) groups excluding carboxylic acids is 1. The van der Waals surface area contributed by atoms with Gasteiger partial charge < -0.3 is 31.1 Å². The van der Waals surface area contributed by atoms with Gasteiger partial charge in [-0.25, -0.2) is 0 Å². The number of aliphatic hydroxyl groups excluding tert-OH is 3. The van der Waals surface area contributed by atoms with Crippen LogP contribution in [0.1, 0.15) is 0 Å². The van der Waals surface area contributed by atoms with Crippen LogP contribution in [0.2, 0.25) is 0 Å². The standard InChI is InChI=1S/C7H12N2O5/c1-9-6(12)5-3(10)2(8)4(11)7(13)14-5/h1-5,7,10-11,13H,8H2,(H,9,12)/t2?,3-,4-,5?,7?/m1/s1. The van der Waals surface area contributed by atoms with Crippen LogP contribution in [0.4, 0.5) is 0 Å². The van der Waals surface area contributed by atoms with Crippen molar-refractivity contribution in [1.82, 2.24) is 5.32 Å². The summed E-state index contributed by atoms with van der Waals surface area (Å²) in [6.07, 6.45) is -5.85. The molecule has 0 aromatic rings. The second kappa shape index (κ2) is 4.20. The van der Waals surface area contributed by atoms with Crippen LogP contribution >= 0.6 is 0 Å². The fourth-order valence-electron chi connectivity index (χ4n) is 1.20. The summed E-state index contributed by atoms with van der Waals surface area (Å²) in [6.45, 7) is 0. The van der Waals surface area contributed by atoms with Crippen molar-refractivity contribution >= 4 is 5.91 Å². The maximum absolute atomic E-state index is 11.0. The number of nitrogens with two attached hydrogens (primary N) is 1. The molecule has 80 valence electrons. The van der Waals surface area contributed by atoms with Gasteiger partial charge in [-0.1, -0.05) is 0 Å². The van der Waals surface area contributed by atoms with Crippen molar-refractivity contribution in [2.45, 2.75) is 30.6 Å². The monoisotopic (exact) mass is 204 g/mol. The van der Waals surface area contributed by atoms with E-state index in [1.807, 2.05) is 0 Å². The van der Waals surface area contributed by atoms with E-state index in [2.05, 4.69) is 4.74 Å². The lowest BCUT2D eigenvalue weighted by Crippen LogP contribution is -2.64. The predicted molar refractivity (Wildman–Crippen MR) is 43.3 cm³/mol. The minimum Gasteiger partial charge on any atom is -0.388 e. The lowest BCUT2D eigenvalue weighted by molar-refractivity contribution is -0.247. The average molecular weight is 204 g/mol. The molecule has 1 heterocycles. The van der Waals surface area contributed by atoms with E-state index in [9.17, 15) is 9.90 Å². The third-order valence-corrected chi connectivity index (χ3v) is 2.08. The van der Waals surface area contributed by atoms with Gasteiger partial charge in [-0.3, -0.25) is 4.79 Å². The summed E-state index contributed by atoms with van der Waals surface area (Å²) in [6, 6.07) is -1.17.